The molecule has 4 aromatic rings. The van der Waals surface area contributed by atoms with Gasteiger partial charge in [-0.15, -0.1) is 0 Å². The first-order valence-corrected chi connectivity index (χ1v) is 9.93. The van der Waals surface area contributed by atoms with Crippen molar-refractivity contribution in [2.75, 3.05) is 6.61 Å². The molecule has 0 unspecified atom stereocenters. The maximum atomic E-state index is 12.3. The van der Waals surface area contributed by atoms with Gasteiger partial charge in [0.05, 0.1) is 19.0 Å². The SMILES string of the molecule is Cc1ccc(Oc2ccc(CCOc3ncc(Cc4cnn(C)c4)c(=O)[nH]3)cc2)cn1. The van der Waals surface area contributed by atoms with Gasteiger partial charge in [0.15, 0.2) is 0 Å². The van der Waals surface area contributed by atoms with E-state index in [1.165, 1.54) is 0 Å². The highest BCUT2D eigenvalue weighted by Crippen LogP contribution is 2.21. The second-order valence-corrected chi connectivity index (χ2v) is 7.22. The molecular formula is C23H23N5O3. The third-order valence-electron chi connectivity index (χ3n) is 4.68. The van der Waals surface area contributed by atoms with Crippen LogP contribution in [0.3, 0.4) is 0 Å². The van der Waals surface area contributed by atoms with Crippen LogP contribution in [-0.4, -0.2) is 31.3 Å². The van der Waals surface area contributed by atoms with Crippen molar-refractivity contribution in [2.45, 2.75) is 19.8 Å². The number of nitrogens with one attached hydrogen (secondary N) is 1. The number of H-pyrrole nitrogens is 1. The number of aryl methyl sites for hydroxylation is 2. The topological polar surface area (TPSA) is 94.9 Å². The molecule has 0 aliphatic heterocycles. The second kappa shape index (κ2) is 9.25. The standard InChI is InChI=1S/C23H23N5O3/c1-16-3-6-21(14-24-16)31-20-7-4-17(5-8-20)9-10-30-23-25-13-19(22(29)27-23)11-18-12-26-28(2)15-18/h3-8,12-15H,9-11H2,1-2H3,(H,25,27,29). The van der Waals surface area contributed by atoms with Gasteiger partial charge in [-0.2, -0.15) is 5.10 Å². The van der Waals surface area contributed by atoms with E-state index in [9.17, 15) is 4.79 Å². The van der Waals surface area contributed by atoms with Gasteiger partial charge < -0.3 is 9.47 Å². The highest BCUT2D eigenvalue weighted by molar-refractivity contribution is 5.32. The summed E-state index contributed by atoms with van der Waals surface area (Å²) < 4.78 is 13.1. The predicted octanol–water partition coefficient (Wildman–Crippen LogP) is 3.21. The molecule has 0 spiro atoms. The zero-order chi connectivity index (χ0) is 21.6. The predicted molar refractivity (Wildman–Crippen MR) is 116 cm³/mol. The van der Waals surface area contributed by atoms with Gasteiger partial charge >= 0.3 is 0 Å². The minimum absolute atomic E-state index is 0.207. The van der Waals surface area contributed by atoms with Crippen LogP contribution in [0.4, 0.5) is 0 Å². The summed E-state index contributed by atoms with van der Waals surface area (Å²) in [5, 5.41) is 4.11. The third kappa shape index (κ3) is 5.57. The summed E-state index contributed by atoms with van der Waals surface area (Å²) in [4.78, 5) is 23.4. The Hall–Kier alpha value is -3.94. The lowest BCUT2D eigenvalue weighted by Gasteiger charge is -2.08. The molecule has 1 aromatic carbocycles. The summed E-state index contributed by atoms with van der Waals surface area (Å²) in [7, 11) is 1.84. The van der Waals surface area contributed by atoms with E-state index in [1.54, 1.807) is 23.3 Å². The van der Waals surface area contributed by atoms with Crippen molar-refractivity contribution < 1.29 is 9.47 Å². The van der Waals surface area contributed by atoms with Crippen molar-refractivity contribution >= 4 is 0 Å². The van der Waals surface area contributed by atoms with Crippen LogP contribution < -0.4 is 15.0 Å². The van der Waals surface area contributed by atoms with Gasteiger partial charge in [0.1, 0.15) is 11.5 Å². The molecule has 8 heteroatoms. The summed E-state index contributed by atoms with van der Waals surface area (Å²) in [5.41, 5.74) is 3.35. The van der Waals surface area contributed by atoms with Gasteiger partial charge in [-0.05, 0) is 42.3 Å². The number of aromatic nitrogens is 5. The number of hydrogen-bond acceptors (Lipinski definition) is 6. The summed E-state index contributed by atoms with van der Waals surface area (Å²) in [6.07, 6.45) is 8.01. The molecule has 3 heterocycles. The Labute approximate surface area is 179 Å². The van der Waals surface area contributed by atoms with Crippen molar-refractivity contribution in [3.8, 4) is 17.5 Å². The van der Waals surface area contributed by atoms with E-state index in [0.717, 1.165) is 22.6 Å². The molecule has 0 fully saturated rings. The maximum absolute atomic E-state index is 12.3. The first-order valence-electron chi connectivity index (χ1n) is 9.93. The average molecular weight is 417 g/mol. The van der Waals surface area contributed by atoms with Crippen molar-refractivity contribution in [1.29, 1.82) is 0 Å². The van der Waals surface area contributed by atoms with E-state index in [0.29, 0.717) is 30.8 Å². The van der Waals surface area contributed by atoms with Crippen LogP contribution in [0.25, 0.3) is 0 Å². The summed E-state index contributed by atoms with van der Waals surface area (Å²) in [6.45, 7) is 2.33. The van der Waals surface area contributed by atoms with Crippen LogP contribution in [-0.2, 0) is 19.9 Å². The quantitative estimate of drug-likeness (QED) is 0.473. The largest absolute Gasteiger partial charge is 0.464 e. The van der Waals surface area contributed by atoms with Crippen LogP contribution in [0.2, 0.25) is 0 Å². The molecule has 8 nitrogen and oxygen atoms in total. The lowest BCUT2D eigenvalue weighted by Crippen LogP contribution is -2.16. The molecule has 158 valence electrons. The first-order chi connectivity index (χ1) is 15.0. The summed E-state index contributed by atoms with van der Waals surface area (Å²) in [5.74, 6) is 1.44. The van der Waals surface area contributed by atoms with E-state index in [2.05, 4.69) is 20.1 Å². The molecule has 0 saturated heterocycles. The molecule has 0 saturated carbocycles. The number of aromatic amines is 1. The molecule has 31 heavy (non-hydrogen) atoms. The molecule has 0 radical (unpaired) electrons. The highest BCUT2D eigenvalue weighted by Gasteiger charge is 2.07. The Kier molecular flexibility index (Phi) is 6.07. The lowest BCUT2D eigenvalue weighted by molar-refractivity contribution is 0.295. The molecule has 4 rings (SSSR count). The monoisotopic (exact) mass is 417 g/mol. The molecule has 1 N–H and O–H groups in total. The van der Waals surface area contributed by atoms with E-state index in [1.807, 2.05) is 56.6 Å². The maximum Gasteiger partial charge on any atom is 0.296 e. The van der Waals surface area contributed by atoms with Gasteiger partial charge in [-0.25, -0.2) is 4.98 Å². The van der Waals surface area contributed by atoms with E-state index in [4.69, 9.17) is 9.47 Å². The molecule has 0 bridgehead atoms. The fraction of sp³-hybridized carbons (Fsp3) is 0.217. The minimum Gasteiger partial charge on any atom is -0.464 e. The Bertz CT molecular complexity index is 1200. The Morgan fingerprint density at radius 3 is 2.45 bits per heavy atom. The number of hydrogen-bond donors (Lipinski definition) is 1. The van der Waals surface area contributed by atoms with Crippen molar-refractivity contribution in [2.24, 2.45) is 7.05 Å². The summed E-state index contributed by atoms with van der Waals surface area (Å²) >= 11 is 0. The third-order valence-corrected chi connectivity index (χ3v) is 4.68. The zero-order valence-corrected chi connectivity index (χ0v) is 17.4. The highest BCUT2D eigenvalue weighted by atomic mass is 16.5. The second-order valence-electron chi connectivity index (χ2n) is 7.22. The molecule has 3 aromatic heterocycles. The molecule has 0 amide bonds. The van der Waals surface area contributed by atoms with Crippen molar-refractivity contribution in [1.82, 2.24) is 24.7 Å². The molecular weight excluding hydrogens is 394 g/mol. The average Bonchev–Trinajstić information content (AvgIpc) is 3.17. The van der Waals surface area contributed by atoms with Gasteiger partial charge in [0.2, 0.25) is 0 Å². The minimum atomic E-state index is -0.207. The number of benzene rings is 1. The lowest BCUT2D eigenvalue weighted by atomic mass is 10.1. The van der Waals surface area contributed by atoms with Crippen molar-refractivity contribution in [3.05, 3.63) is 93.9 Å². The molecule has 0 aliphatic rings. The number of rotatable bonds is 8. The number of pyridine rings is 1. The van der Waals surface area contributed by atoms with Crippen LogP contribution >= 0.6 is 0 Å². The van der Waals surface area contributed by atoms with E-state index >= 15 is 0 Å². The zero-order valence-electron chi connectivity index (χ0n) is 17.4. The van der Waals surface area contributed by atoms with Gasteiger partial charge in [0.25, 0.3) is 11.6 Å². The Morgan fingerprint density at radius 2 is 1.77 bits per heavy atom. The van der Waals surface area contributed by atoms with Gasteiger partial charge in [-0.3, -0.25) is 19.4 Å². The Balaban J connectivity index is 1.28. The fourth-order valence-electron chi connectivity index (χ4n) is 3.03. The summed E-state index contributed by atoms with van der Waals surface area (Å²) in [6, 6.07) is 11.8. The fourth-order valence-corrected chi connectivity index (χ4v) is 3.03. The van der Waals surface area contributed by atoms with Crippen LogP contribution in [0, 0.1) is 6.92 Å². The smallest absolute Gasteiger partial charge is 0.296 e. The molecule has 0 atom stereocenters. The first kappa shape index (κ1) is 20.3. The van der Waals surface area contributed by atoms with E-state index < -0.39 is 0 Å². The van der Waals surface area contributed by atoms with Crippen LogP contribution in [0.15, 0.2) is 66.0 Å². The number of nitrogens with zero attached hydrogens (tertiary/aromatic N) is 4. The normalized spacial score (nSPS) is 10.8. The van der Waals surface area contributed by atoms with Crippen molar-refractivity contribution in [3.63, 3.8) is 0 Å². The van der Waals surface area contributed by atoms with Gasteiger partial charge in [-0.1, -0.05) is 12.1 Å². The van der Waals surface area contributed by atoms with E-state index in [-0.39, 0.29) is 11.6 Å². The number of ether oxygens (including phenoxy) is 2. The van der Waals surface area contributed by atoms with Crippen LogP contribution in [0.5, 0.6) is 17.5 Å². The Morgan fingerprint density at radius 1 is 0.968 bits per heavy atom. The van der Waals surface area contributed by atoms with Crippen LogP contribution in [0.1, 0.15) is 22.4 Å². The molecule has 0 aliphatic carbocycles. The van der Waals surface area contributed by atoms with Gasteiger partial charge in [0, 0.05) is 43.5 Å².